The normalized spacial score (nSPS) is 17.9. The Bertz CT molecular complexity index is 970. The van der Waals surface area contributed by atoms with E-state index in [4.69, 9.17) is 4.74 Å². The predicted octanol–water partition coefficient (Wildman–Crippen LogP) is 5.33. The van der Waals surface area contributed by atoms with E-state index in [0.717, 1.165) is 24.9 Å². The van der Waals surface area contributed by atoms with E-state index in [0.29, 0.717) is 19.8 Å². The molecule has 0 fully saturated rings. The van der Waals surface area contributed by atoms with Gasteiger partial charge < -0.3 is 9.64 Å². The van der Waals surface area contributed by atoms with E-state index < -0.39 is 0 Å². The van der Waals surface area contributed by atoms with Crippen molar-refractivity contribution >= 4 is 5.91 Å². The molecule has 1 aliphatic rings. The Kier molecular flexibility index (Phi) is 6.29. The number of carbonyl (C=O) groups is 1. The number of ether oxygens (including phenoxy) is 1. The standard InChI is InChI=1S/C27H29NO2/c1-22(29)28(19-23-11-4-2-5-12-23)18-10-17-27(25-14-6-3-7-15-25)21-30-20-24-13-8-9-16-26(24)27/h2-9,11-16H,10,17-21H2,1H3. The smallest absolute Gasteiger partial charge is 0.219 e. The first-order chi connectivity index (χ1) is 14.7. The quantitative estimate of drug-likeness (QED) is 0.537. The highest BCUT2D eigenvalue weighted by Gasteiger charge is 2.38. The fourth-order valence-electron chi connectivity index (χ4n) is 4.60. The topological polar surface area (TPSA) is 29.5 Å². The molecule has 1 amide bonds. The number of carbonyl (C=O) groups excluding carboxylic acids is 1. The first kappa shape index (κ1) is 20.4. The van der Waals surface area contributed by atoms with E-state index in [1.165, 1.54) is 16.7 Å². The molecule has 3 aromatic carbocycles. The summed E-state index contributed by atoms with van der Waals surface area (Å²) in [4.78, 5) is 14.2. The van der Waals surface area contributed by atoms with Crippen LogP contribution in [0.3, 0.4) is 0 Å². The van der Waals surface area contributed by atoms with Crippen molar-refractivity contribution in [1.82, 2.24) is 4.90 Å². The molecule has 0 aliphatic carbocycles. The molecule has 0 radical (unpaired) electrons. The molecule has 30 heavy (non-hydrogen) atoms. The van der Waals surface area contributed by atoms with Gasteiger partial charge in [0.05, 0.1) is 13.2 Å². The molecule has 3 nitrogen and oxygen atoms in total. The summed E-state index contributed by atoms with van der Waals surface area (Å²) in [6, 6.07) is 29.5. The molecule has 0 bridgehead atoms. The zero-order valence-electron chi connectivity index (χ0n) is 17.6. The summed E-state index contributed by atoms with van der Waals surface area (Å²) >= 11 is 0. The number of hydrogen-bond acceptors (Lipinski definition) is 2. The minimum Gasteiger partial charge on any atom is -0.375 e. The zero-order chi connectivity index (χ0) is 20.8. The maximum absolute atomic E-state index is 12.3. The molecule has 0 aromatic heterocycles. The number of hydrogen-bond donors (Lipinski definition) is 0. The van der Waals surface area contributed by atoms with Crippen LogP contribution in [0.2, 0.25) is 0 Å². The number of nitrogens with zero attached hydrogens (tertiary/aromatic N) is 1. The largest absolute Gasteiger partial charge is 0.375 e. The lowest BCUT2D eigenvalue weighted by molar-refractivity contribution is -0.129. The predicted molar refractivity (Wildman–Crippen MR) is 120 cm³/mol. The van der Waals surface area contributed by atoms with E-state index in [1.54, 1.807) is 6.92 Å². The van der Waals surface area contributed by atoms with E-state index in [9.17, 15) is 4.79 Å². The van der Waals surface area contributed by atoms with Crippen LogP contribution in [0.4, 0.5) is 0 Å². The van der Waals surface area contributed by atoms with Crippen molar-refractivity contribution in [3.05, 3.63) is 107 Å². The molecule has 1 heterocycles. The maximum atomic E-state index is 12.3. The summed E-state index contributed by atoms with van der Waals surface area (Å²) in [6.45, 7) is 4.39. The van der Waals surface area contributed by atoms with E-state index in [2.05, 4.69) is 66.7 Å². The van der Waals surface area contributed by atoms with Crippen LogP contribution < -0.4 is 0 Å². The van der Waals surface area contributed by atoms with Gasteiger partial charge in [0.2, 0.25) is 5.91 Å². The molecule has 0 spiro atoms. The van der Waals surface area contributed by atoms with Crippen molar-refractivity contribution in [2.75, 3.05) is 13.2 Å². The van der Waals surface area contributed by atoms with Crippen LogP contribution in [-0.2, 0) is 28.1 Å². The van der Waals surface area contributed by atoms with Gasteiger partial charge in [0.15, 0.2) is 0 Å². The van der Waals surface area contributed by atoms with Crippen LogP contribution in [0.1, 0.15) is 42.0 Å². The maximum Gasteiger partial charge on any atom is 0.219 e. The van der Waals surface area contributed by atoms with Gasteiger partial charge in [-0.1, -0.05) is 84.9 Å². The molecule has 154 valence electrons. The molecular weight excluding hydrogens is 370 g/mol. The molecular formula is C27H29NO2. The van der Waals surface area contributed by atoms with Gasteiger partial charge in [-0.3, -0.25) is 4.79 Å². The van der Waals surface area contributed by atoms with Crippen molar-refractivity contribution in [2.45, 2.75) is 38.3 Å². The van der Waals surface area contributed by atoms with Gasteiger partial charge in [0.25, 0.3) is 0 Å². The number of amides is 1. The average molecular weight is 400 g/mol. The summed E-state index contributed by atoms with van der Waals surface area (Å²) in [5.41, 5.74) is 4.90. The summed E-state index contributed by atoms with van der Waals surface area (Å²) < 4.78 is 6.09. The molecule has 3 aromatic rings. The van der Waals surface area contributed by atoms with Crippen LogP contribution in [0, 0.1) is 0 Å². The first-order valence-electron chi connectivity index (χ1n) is 10.7. The Labute approximate surface area is 179 Å². The monoisotopic (exact) mass is 399 g/mol. The van der Waals surface area contributed by atoms with Gasteiger partial charge in [0, 0.05) is 25.4 Å². The molecule has 3 heteroatoms. The van der Waals surface area contributed by atoms with Crippen LogP contribution in [0.25, 0.3) is 0 Å². The number of benzene rings is 3. The molecule has 1 unspecified atom stereocenters. The van der Waals surface area contributed by atoms with E-state index in [1.807, 2.05) is 23.1 Å². The lowest BCUT2D eigenvalue weighted by atomic mass is 9.69. The Morgan fingerprint density at radius 2 is 1.60 bits per heavy atom. The Balaban J connectivity index is 1.56. The highest BCUT2D eigenvalue weighted by molar-refractivity contribution is 5.73. The minimum atomic E-state index is -0.175. The second kappa shape index (κ2) is 9.27. The third-order valence-corrected chi connectivity index (χ3v) is 6.16. The Hall–Kier alpha value is -2.91. The molecule has 0 saturated heterocycles. The van der Waals surface area contributed by atoms with Crippen molar-refractivity contribution in [3.63, 3.8) is 0 Å². The van der Waals surface area contributed by atoms with Crippen molar-refractivity contribution < 1.29 is 9.53 Å². The second-order valence-electron chi connectivity index (χ2n) is 8.13. The van der Waals surface area contributed by atoms with Gasteiger partial charge in [-0.05, 0) is 35.1 Å². The molecule has 1 aliphatic heterocycles. The second-order valence-corrected chi connectivity index (χ2v) is 8.13. The third kappa shape index (κ3) is 4.31. The van der Waals surface area contributed by atoms with Crippen LogP contribution in [0.15, 0.2) is 84.9 Å². The van der Waals surface area contributed by atoms with Crippen LogP contribution >= 0.6 is 0 Å². The van der Waals surface area contributed by atoms with E-state index >= 15 is 0 Å². The Morgan fingerprint density at radius 1 is 0.933 bits per heavy atom. The molecule has 0 saturated carbocycles. The van der Waals surface area contributed by atoms with Crippen molar-refractivity contribution in [2.24, 2.45) is 0 Å². The summed E-state index contributed by atoms with van der Waals surface area (Å²) in [5.74, 6) is 0.118. The lowest BCUT2D eigenvalue weighted by Crippen LogP contribution is -2.39. The van der Waals surface area contributed by atoms with E-state index in [-0.39, 0.29) is 11.3 Å². The van der Waals surface area contributed by atoms with Gasteiger partial charge in [-0.2, -0.15) is 0 Å². The minimum absolute atomic E-state index is 0.118. The van der Waals surface area contributed by atoms with Crippen LogP contribution in [-0.4, -0.2) is 24.0 Å². The van der Waals surface area contributed by atoms with Gasteiger partial charge >= 0.3 is 0 Å². The fourth-order valence-corrected chi connectivity index (χ4v) is 4.60. The van der Waals surface area contributed by atoms with Gasteiger partial charge in [0.1, 0.15) is 0 Å². The first-order valence-corrected chi connectivity index (χ1v) is 10.7. The summed E-state index contributed by atoms with van der Waals surface area (Å²) in [7, 11) is 0. The van der Waals surface area contributed by atoms with Crippen LogP contribution in [0.5, 0.6) is 0 Å². The molecule has 0 N–H and O–H groups in total. The highest BCUT2D eigenvalue weighted by Crippen LogP contribution is 2.42. The summed E-state index contributed by atoms with van der Waals surface area (Å²) in [5, 5.41) is 0. The van der Waals surface area contributed by atoms with Crippen molar-refractivity contribution in [1.29, 1.82) is 0 Å². The van der Waals surface area contributed by atoms with Gasteiger partial charge in [-0.25, -0.2) is 0 Å². The fraction of sp³-hybridized carbons (Fsp3) is 0.296. The average Bonchev–Trinajstić information content (AvgIpc) is 2.79. The Morgan fingerprint density at radius 3 is 2.33 bits per heavy atom. The SMILES string of the molecule is CC(=O)N(CCCC1(c2ccccc2)COCc2ccccc21)Cc1ccccc1. The number of fused-ring (bicyclic) bond motifs is 1. The highest BCUT2D eigenvalue weighted by atomic mass is 16.5. The number of rotatable bonds is 7. The molecule has 1 atom stereocenters. The molecule has 4 rings (SSSR count). The summed E-state index contributed by atoms with van der Waals surface area (Å²) in [6.07, 6.45) is 1.85. The van der Waals surface area contributed by atoms with Gasteiger partial charge in [-0.15, -0.1) is 0 Å². The lowest BCUT2D eigenvalue weighted by Gasteiger charge is -2.40. The zero-order valence-corrected chi connectivity index (χ0v) is 17.6. The van der Waals surface area contributed by atoms with Crippen molar-refractivity contribution in [3.8, 4) is 0 Å². The third-order valence-electron chi connectivity index (χ3n) is 6.16.